The summed E-state index contributed by atoms with van der Waals surface area (Å²) >= 11 is 0. The van der Waals surface area contributed by atoms with Crippen molar-refractivity contribution >= 4 is 5.91 Å². The summed E-state index contributed by atoms with van der Waals surface area (Å²) in [7, 11) is 0. The quantitative estimate of drug-likeness (QED) is 0.857. The van der Waals surface area contributed by atoms with E-state index in [0.29, 0.717) is 13.1 Å². The SMILES string of the molecule is CCCN(CC(C)(C)CN)C(=O)c1ccc(C)cc1. The molecule has 2 N–H and O–H groups in total. The Morgan fingerprint density at radius 3 is 2.32 bits per heavy atom. The molecule has 1 aromatic carbocycles. The third kappa shape index (κ3) is 4.67. The van der Waals surface area contributed by atoms with Crippen LogP contribution in [0.5, 0.6) is 0 Å². The Balaban J connectivity index is 2.86. The second-order valence-electron chi connectivity index (χ2n) is 5.96. The lowest BCUT2D eigenvalue weighted by atomic mass is 9.92. The fraction of sp³-hybridized carbons (Fsp3) is 0.562. The van der Waals surface area contributed by atoms with Crippen LogP contribution < -0.4 is 5.73 Å². The molecule has 0 fully saturated rings. The van der Waals surface area contributed by atoms with Crippen LogP contribution in [0.4, 0.5) is 0 Å². The molecule has 3 nitrogen and oxygen atoms in total. The molecular weight excluding hydrogens is 236 g/mol. The maximum Gasteiger partial charge on any atom is 0.253 e. The largest absolute Gasteiger partial charge is 0.338 e. The Morgan fingerprint density at radius 2 is 1.84 bits per heavy atom. The fourth-order valence-electron chi connectivity index (χ4n) is 1.98. The number of benzene rings is 1. The third-order valence-electron chi connectivity index (χ3n) is 3.25. The molecule has 106 valence electrons. The highest BCUT2D eigenvalue weighted by Crippen LogP contribution is 2.17. The van der Waals surface area contributed by atoms with Gasteiger partial charge in [-0.2, -0.15) is 0 Å². The molecule has 0 saturated carbocycles. The standard InChI is InChI=1S/C16H26N2O/c1-5-10-18(12-16(3,4)11-17)15(19)14-8-6-13(2)7-9-14/h6-9H,5,10-12,17H2,1-4H3. The van der Waals surface area contributed by atoms with Gasteiger partial charge < -0.3 is 10.6 Å². The van der Waals surface area contributed by atoms with Crippen LogP contribution in [-0.2, 0) is 0 Å². The van der Waals surface area contributed by atoms with Crippen molar-refractivity contribution < 1.29 is 4.79 Å². The van der Waals surface area contributed by atoms with Crippen molar-refractivity contribution in [3.63, 3.8) is 0 Å². The molecule has 3 heteroatoms. The summed E-state index contributed by atoms with van der Waals surface area (Å²) in [5, 5.41) is 0. The van der Waals surface area contributed by atoms with Gasteiger partial charge in [-0.15, -0.1) is 0 Å². The van der Waals surface area contributed by atoms with Crippen molar-refractivity contribution in [2.24, 2.45) is 11.1 Å². The number of nitrogens with two attached hydrogens (primary N) is 1. The van der Waals surface area contributed by atoms with E-state index in [4.69, 9.17) is 5.73 Å². The summed E-state index contributed by atoms with van der Waals surface area (Å²) in [5.41, 5.74) is 7.65. The topological polar surface area (TPSA) is 46.3 Å². The Morgan fingerprint density at radius 1 is 1.26 bits per heavy atom. The summed E-state index contributed by atoms with van der Waals surface area (Å²) < 4.78 is 0. The Hall–Kier alpha value is -1.35. The van der Waals surface area contributed by atoms with Crippen LogP contribution in [0.2, 0.25) is 0 Å². The van der Waals surface area contributed by atoms with Crippen molar-refractivity contribution in [2.75, 3.05) is 19.6 Å². The maximum absolute atomic E-state index is 12.5. The molecule has 0 unspecified atom stereocenters. The predicted molar refractivity (Wildman–Crippen MR) is 80.2 cm³/mol. The normalized spacial score (nSPS) is 11.4. The summed E-state index contributed by atoms with van der Waals surface area (Å²) in [6.45, 7) is 10.4. The molecule has 1 aromatic rings. The van der Waals surface area contributed by atoms with E-state index in [0.717, 1.165) is 18.5 Å². The van der Waals surface area contributed by atoms with Gasteiger partial charge in [-0.25, -0.2) is 0 Å². The molecule has 0 saturated heterocycles. The molecule has 0 atom stereocenters. The molecule has 0 aromatic heterocycles. The number of rotatable bonds is 6. The lowest BCUT2D eigenvalue weighted by molar-refractivity contribution is 0.0689. The maximum atomic E-state index is 12.5. The summed E-state index contributed by atoms with van der Waals surface area (Å²) in [4.78, 5) is 14.4. The fourth-order valence-corrected chi connectivity index (χ4v) is 1.98. The number of aryl methyl sites for hydroxylation is 1. The minimum Gasteiger partial charge on any atom is -0.338 e. The van der Waals surface area contributed by atoms with Gasteiger partial charge in [-0.1, -0.05) is 38.5 Å². The summed E-state index contributed by atoms with van der Waals surface area (Å²) in [6, 6.07) is 7.75. The van der Waals surface area contributed by atoms with Crippen LogP contribution in [0, 0.1) is 12.3 Å². The van der Waals surface area contributed by atoms with Crippen LogP contribution in [-0.4, -0.2) is 30.4 Å². The monoisotopic (exact) mass is 262 g/mol. The van der Waals surface area contributed by atoms with E-state index in [1.54, 1.807) is 0 Å². The van der Waals surface area contributed by atoms with Crippen molar-refractivity contribution in [3.05, 3.63) is 35.4 Å². The van der Waals surface area contributed by atoms with E-state index in [1.807, 2.05) is 36.1 Å². The number of carbonyl (C=O) groups excluding carboxylic acids is 1. The zero-order valence-corrected chi connectivity index (χ0v) is 12.6. The molecule has 1 amide bonds. The Bertz CT molecular complexity index is 409. The predicted octanol–water partition coefficient (Wildman–Crippen LogP) is 2.83. The number of hydrogen-bond acceptors (Lipinski definition) is 2. The van der Waals surface area contributed by atoms with Gasteiger partial charge in [0.1, 0.15) is 0 Å². The zero-order valence-electron chi connectivity index (χ0n) is 12.6. The molecule has 0 bridgehead atoms. The number of amides is 1. The van der Waals surface area contributed by atoms with Crippen molar-refractivity contribution in [1.29, 1.82) is 0 Å². The van der Waals surface area contributed by atoms with Crippen LogP contribution in [0.25, 0.3) is 0 Å². The van der Waals surface area contributed by atoms with Crippen LogP contribution in [0.3, 0.4) is 0 Å². The highest BCUT2D eigenvalue weighted by molar-refractivity contribution is 5.94. The lowest BCUT2D eigenvalue weighted by Gasteiger charge is -2.31. The van der Waals surface area contributed by atoms with Crippen LogP contribution in [0.1, 0.15) is 43.1 Å². The van der Waals surface area contributed by atoms with E-state index in [9.17, 15) is 4.79 Å². The highest BCUT2D eigenvalue weighted by atomic mass is 16.2. The molecule has 1 rings (SSSR count). The van der Waals surface area contributed by atoms with E-state index in [2.05, 4.69) is 20.8 Å². The molecule has 19 heavy (non-hydrogen) atoms. The number of nitrogens with zero attached hydrogens (tertiary/aromatic N) is 1. The highest BCUT2D eigenvalue weighted by Gasteiger charge is 2.23. The van der Waals surface area contributed by atoms with Crippen molar-refractivity contribution in [2.45, 2.75) is 34.1 Å². The molecule has 0 heterocycles. The first-order valence-corrected chi connectivity index (χ1v) is 6.95. The van der Waals surface area contributed by atoms with Gasteiger partial charge in [0, 0.05) is 18.7 Å². The van der Waals surface area contributed by atoms with Crippen molar-refractivity contribution in [3.8, 4) is 0 Å². The van der Waals surface area contributed by atoms with Gasteiger partial charge in [0.25, 0.3) is 5.91 Å². The van der Waals surface area contributed by atoms with E-state index in [1.165, 1.54) is 5.56 Å². The second-order valence-corrected chi connectivity index (χ2v) is 5.96. The van der Waals surface area contributed by atoms with Gasteiger partial charge in [0.15, 0.2) is 0 Å². The van der Waals surface area contributed by atoms with Gasteiger partial charge in [0.05, 0.1) is 0 Å². The molecule has 0 radical (unpaired) electrons. The minimum absolute atomic E-state index is 0.0461. The first-order valence-electron chi connectivity index (χ1n) is 6.95. The van der Waals surface area contributed by atoms with E-state index in [-0.39, 0.29) is 11.3 Å². The van der Waals surface area contributed by atoms with Crippen LogP contribution >= 0.6 is 0 Å². The Kier molecular flexibility index (Phi) is 5.55. The minimum atomic E-state index is -0.0461. The second kappa shape index (κ2) is 6.71. The van der Waals surface area contributed by atoms with Gasteiger partial charge in [0.2, 0.25) is 0 Å². The average molecular weight is 262 g/mol. The molecule has 0 aliphatic heterocycles. The smallest absolute Gasteiger partial charge is 0.253 e. The Labute approximate surface area is 116 Å². The van der Waals surface area contributed by atoms with Crippen molar-refractivity contribution in [1.82, 2.24) is 4.90 Å². The number of hydrogen-bond donors (Lipinski definition) is 1. The molecule has 0 aliphatic carbocycles. The molecule has 0 aliphatic rings. The first-order chi connectivity index (χ1) is 8.89. The summed E-state index contributed by atoms with van der Waals surface area (Å²) in [6.07, 6.45) is 0.957. The van der Waals surface area contributed by atoms with Crippen LogP contribution in [0.15, 0.2) is 24.3 Å². The average Bonchev–Trinajstić information content (AvgIpc) is 2.38. The van der Waals surface area contributed by atoms with Gasteiger partial charge in [-0.3, -0.25) is 4.79 Å². The van der Waals surface area contributed by atoms with E-state index < -0.39 is 0 Å². The van der Waals surface area contributed by atoms with Gasteiger partial charge in [-0.05, 0) is 37.4 Å². The molecular formula is C16H26N2O. The van der Waals surface area contributed by atoms with E-state index >= 15 is 0 Å². The number of carbonyl (C=O) groups is 1. The lowest BCUT2D eigenvalue weighted by Crippen LogP contribution is -2.42. The zero-order chi connectivity index (χ0) is 14.5. The molecule has 0 spiro atoms. The third-order valence-corrected chi connectivity index (χ3v) is 3.25. The first kappa shape index (κ1) is 15.7. The summed E-state index contributed by atoms with van der Waals surface area (Å²) in [5.74, 6) is 0.100. The van der Waals surface area contributed by atoms with Gasteiger partial charge >= 0.3 is 0 Å².